The van der Waals surface area contributed by atoms with Crippen LogP contribution in [0.5, 0.6) is 0 Å². The molecule has 146 valence electrons. The first-order valence-electron chi connectivity index (χ1n) is 8.96. The summed E-state index contributed by atoms with van der Waals surface area (Å²) in [5, 5.41) is 7.41. The molecule has 0 radical (unpaired) electrons. The van der Waals surface area contributed by atoms with Crippen LogP contribution in [-0.2, 0) is 4.79 Å². The molecule has 4 rings (SSSR count). The maximum Gasteiger partial charge on any atom is 0.266 e. The van der Waals surface area contributed by atoms with E-state index < -0.39 is 0 Å². The highest BCUT2D eigenvalue weighted by Crippen LogP contribution is 2.22. The van der Waals surface area contributed by atoms with E-state index in [1.807, 2.05) is 43.3 Å². The van der Waals surface area contributed by atoms with E-state index in [1.54, 1.807) is 29.7 Å². The minimum absolute atomic E-state index is 0.0719. The zero-order valence-corrected chi connectivity index (χ0v) is 16.7. The quantitative estimate of drug-likeness (QED) is 0.401. The number of nitrogens with zero attached hydrogens (tertiary/aromatic N) is 3. The van der Waals surface area contributed by atoms with Gasteiger partial charge in [-0.2, -0.15) is 0 Å². The monoisotopic (exact) mass is 406 g/mol. The van der Waals surface area contributed by atoms with Crippen molar-refractivity contribution < 1.29 is 9.32 Å². The number of hydrogen-bond acceptors (Lipinski definition) is 6. The van der Waals surface area contributed by atoms with E-state index in [9.17, 15) is 9.59 Å². The molecule has 2 heterocycles. The summed E-state index contributed by atoms with van der Waals surface area (Å²) >= 11 is 1.19. The molecule has 1 amide bonds. The zero-order valence-electron chi connectivity index (χ0n) is 15.9. The molecular weight excluding hydrogens is 388 g/mol. The van der Waals surface area contributed by atoms with Gasteiger partial charge < -0.3 is 9.84 Å². The molecule has 0 saturated heterocycles. The predicted octanol–water partition coefficient (Wildman–Crippen LogP) is 3.72. The SMILES string of the molecule is Cc1cccc(-n2c(SCC(=O)Nc3cc(C)on3)nc3ccccc3c2=O)c1. The summed E-state index contributed by atoms with van der Waals surface area (Å²) in [5.74, 6) is 0.775. The van der Waals surface area contributed by atoms with Gasteiger partial charge in [0.15, 0.2) is 11.0 Å². The number of carbonyl (C=O) groups excluding carboxylic acids is 1. The summed E-state index contributed by atoms with van der Waals surface area (Å²) in [6.45, 7) is 3.71. The molecule has 4 aromatic rings. The molecule has 8 heteroatoms. The van der Waals surface area contributed by atoms with E-state index in [1.165, 1.54) is 11.8 Å². The second-order valence-corrected chi connectivity index (χ2v) is 7.49. The number of aromatic nitrogens is 3. The number of carbonyl (C=O) groups is 1. The molecule has 7 nitrogen and oxygen atoms in total. The van der Waals surface area contributed by atoms with Gasteiger partial charge in [-0.3, -0.25) is 14.2 Å². The van der Waals surface area contributed by atoms with Gasteiger partial charge in [0.1, 0.15) is 5.76 Å². The largest absolute Gasteiger partial charge is 0.360 e. The maximum atomic E-state index is 13.2. The molecule has 0 aliphatic carbocycles. The summed E-state index contributed by atoms with van der Waals surface area (Å²) in [6.07, 6.45) is 0. The molecular formula is C21H18N4O3S. The van der Waals surface area contributed by atoms with Crippen LogP contribution in [0.3, 0.4) is 0 Å². The first kappa shape index (κ1) is 18.9. The minimum Gasteiger partial charge on any atom is -0.360 e. The second-order valence-electron chi connectivity index (χ2n) is 6.55. The Hall–Kier alpha value is -3.39. The van der Waals surface area contributed by atoms with Crippen LogP contribution in [0.15, 0.2) is 69.1 Å². The fraction of sp³-hybridized carbons (Fsp3) is 0.143. The van der Waals surface area contributed by atoms with Crippen molar-refractivity contribution in [1.29, 1.82) is 0 Å². The van der Waals surface area contributed by atoms with Crippen LogP contribution >= 0.6 is 11.8 Å². The van der Waals surface area contributed by atoms with Gasteiger partial charge in [-0.05, 0) is 43.7 Å². The van der Waals surface area contributed by atoms with Crippen molar-refractivity contribution in [3.05, 3.63) is 76.3 Å². The molecule has 2 aromatic carbocycles. The van der Waals surface area contributed by atoms with Crippen LogP contribution in [0.1, 0.15) is 11.3 Å². The normalized spacial score (nSPS) is 11.0. The van der Waals surface area contributed by atoms with E-state index in [0.717, 1.165) is 5.56 Å². The Kier molecular flexibility index (Phi) is 5.18. The number of thioether (sulfide) groups is 1. The lowest BCUT2D eigenvalue weighted by Gasteiger charge is -2.13. The van der Waals surface area contributed by atoms with Gasteiger partial charge in [-0.25, -0.2) is 4.98 Å². The molecule has 2 aromatic heterocycles. The van der Waals surface area contributed by atoms with E-state index >= 15 is 0 Å². The molecule has 0 aliphatic rings. The second kappa shape index (κ2) is 7.92. The van der Waals surface area contributed by atoms with Crippen molar-refractivity contribution in [2.45, 2.75) is 19.0 Å². The number of rotatable bonds is 5. The van der Waals surface area contributed by atoms with Crippen LogP contribution in [-0.4, -0.2) is 26.4 Å². The molecule has 0 spiro atoms. The van der Waals surface area contributed by atoms with Crippen molar-refractivity contribution in [3.8, 4) is 5.69 Å². The molecule has 29 heavy (non-hydrogen) atoms. The van der Waals surface area contributed by atoms with Crippen molar-refractivity contribution in [2.24, 2.45) is 0 Å². The number of aryl methyl sites for hydroxylation is 2. The molecule has 0 atom stereocenters. The number of amides is 1. The molecule has 1 N–H and O–H groups in total. The van der Waals surface area contributed by atoms with E-state index in [2.05, 4.69) is 15.5 Å². The highest BCUT2D eigenvalue weighted by Gasteiger charge is 2.15. The molecule has 0 saturated carbocycles. The Bertz CT molecular complexity index is 1260. The summed E-state index contributed by atoms with van der Waals surface area (Å²) in [4.78, 5) is 30.1. The number of fused-ring (bicyclic) bond motifs is 1. The Morgan fingerprint density at radius 2 is 1.97 bits per heavy atom. The Labute approximate surface area is 170 Å². The van der Waals surface area contributed by atoms with E-state index in [-0.39, 0.29) is 17.2 Å². The third-order valence-corrected chi connectivity index (χ3v) is 5.17. The molecule has 0 bridgehead atoms. The van der Waals surface area contributed by atoms with E-state index in [0.29, 0.717) is 33.3 Å². The number of benzene rings is 2. The Morgan fingerprint density at radius 1 is 1.14 bits per heavy atom. The fourth-order valence-electron chi connectivity index (χ4n) is 2.94. The molecule has 0 unspecified atom stereocenters. The smallest absolute Gasteiger partial charge is 0.266 e. The van der Waals surface area contributed by atoms with Crippen molar-refractivity contribution in [3.63, 3.8) is 0 Å². The third kappa shape index (κ3) is 4.07. The van der Waals surface area contributed by atoms with Gasteiger partial charge in [0.2, 0.25) is 5.91 Å². The van der Waals surface area contributed by atoms with E-state index in [4.69, 9.17) is 4.52 Å². The third-order valence-electron chi connectivity index (χ3n) is 4.23. The van der Waals surface area contributed by atoms with Gasteiger partial charge in [0.05, 0.1) is 22.3 Å². The highest BCUT2D eigenvalue weighted by atomic mass is 32.2. The number of para-hydroxylation sites is 1. The van der Waals surface area contributed by atoms with Crippen molar-refractivity contribution in [2.75, 3.05) is 11.1 Å². The van der Waals surface area contributed by atoms with Crippen molar-refractivity contribution >= 4 is 34.4 Å². The van der Waals surface area contributed by atoms with Crippen LogP contribution in [0, 0.1) is 13.8 Å². The number of nitrogens with one attached hydrogen (secondary N) is 1. The zero-order chi connectivity index (χ0) is 20.4. The molecule has 0 aliphatic heterocycles. The topological polar surface area (TPSA) is 90.0 Å². The summed E-state index contributed by atoms with van der Waals surface area (Å²) in [7, 11) is 0. The van der Waals surface area contributed by atoms with Gasteiger partial charge in [0, 0.05) is 6.07 Å². The van der Waals surface area contributed by atoms with Gasteiger partial charge in [-0.1, -0.05) is 41.2 Å². The number of hydrogen-bond donors (Lipinski definition) is 1. The molecule has 0 fully saturated rings. The first-order valence-corrected chi connectivity index (χ1v) is 9.94. The lowest BCUT2D eigenvalue weighted by atomic mass is 10.2. The van der Waals surface area contributed by atoms with Crippen LogP contribution in [0.25, 0.3) is 16.6 Å². The fourth-order valence-corrected chi connectivity index (χ4v) is 3.75. The van der Waals surface area contributed by atoms with Gasteiger partial charge in [-0.15, -0.1) is 0 Å². The highest BCUT2D eigenvalue weighted by molar-refractivity contribution is 7.99. The lowest BCUT2D eigenvalue weighted by Crippen LogP contribution is -2.23. The first-order chi connectivity index (χ1) is 14.0. The van der Waals surface area contributed by atoms with Crippen LogP contribution < -0.4 is 10.9 Å². The van der Waals surface area contributed by atoms with Crippen LogP contribution in [0.4, 0.5) is 5.82 Å². The maximum absolute atomic E-state index is 13.2. The Balaban J connectivity index is 1.69. The van der Waals surface area contributed by atoms with Gasteiger partial charge in [0.25, 0.3) is 5.56 Å². The summed E-state index contributed by atoms with van der Waals surface area (Å²) in [5.41, 5.74) is 2.16. The van der Waals surface area contributed by atoms with Gasteiger partial charge >= 0.3 is 0 Å². The average Bonchev–Trinajstić information content (AvgIpc) is 3.11. The average molecular weight is 406 g/mol. The number of anilines is 1. The Morgan fingerprint density at radius 3 is 2.72 bits per heavy atom. The standard InChI is InChI=1S/C21H18N4O3S/c1-13-6-5-7-15(10-13)25-20(27)16-8-3-4-9-17(16)22-21(25)29-12-19(26)23-18-11-14(2)28-24-18/h3-11H,12H2,1-2H3,(H,23,24,26). The lowest BCUT2D eigenvalue weighted by molar-refractivity contribution is -0.113. The predicted molar refractivity (Wildman–Crippen MR) is 113 cm³/mol. The minimum atomic E-state index is -0.263. The summed E-state index contributed by atoms with van der Waals surface area (Å²) in [6, 6.07) is 16.5. The van der Waals surface area contributed by atoms with Crippen molar-refractivity contribution in [1.82, 2.24) is 14.7 Å². The summed E-state index contributed by atoms with van der Waals surface area (Å²) < 4.78 is 6.50. The van der Waals surface area contributed by atoms with Crippen LogP contribution in [0.2, 0.25) is 0 Å².